The van der Waals surface area contributed by atoms with Crippen LogP contribution in [0.4, 0.5) is 0 Å². The van der Waals surface area contributed by atoms with Gasteiger partial charge in [-0.25, -0.2) is 4.79 Å². The van der Waals surface area contributed by atoms with Crippen molar-refractivity contribution in [3.05, 3.63) is 85.6 Å². The predicted octanol–water partition coefficient (Wildman–Crippen LogP) is 3.95. The van der Waals surface area contributed by atoms with Gasteiger partial charge in [0.05, 0.1) is 5.69 Å². The predicted molar refractivity (Wildman–Crippen MR) is 97.7 cm³/mol. The monoisotopic (exact) mass is 358 g/mol. The first-order valence-corrected chi connectivity index (χ1v) is 8.50. The Balaban J connectivity index is 2.01. The molecule has 0 unspecified atom stereocenters. The largest absolute Gasteiger partial charge is 0.332 e. The van der Waals surface area contributed by atoms with Crippen LogP contribution in [0.25, 0.3) is 5.69 Å². The van der Waals surface area contributed by atoms with E-state index in [1.165, 1.54) is 16.8 Å². The summed E-state index contributed by atoms with van der Waals surface area (Å²) < 4.78 is 1.43. The summed E-state index contributed by atoms with van der Waals surface area (Å²) >= 11 is 7.58. The van der Waals surface area contributed by atoms with Gasteiger partial charge in [0.25, 0.3) is 5.56 Å². The summed E-state index contributed by atoms with van der Waals surface area (Å²) in [4.78, 5) is 27.7. The van der Waals surface area contributed by atoms with Gasteiger partial charge < -0.3 is 0 Å². The molecular weight excluding hydrogens is 344 g/mol. The van der Waals surface area contributed by atoms with Crippen molar-refractivity contribution in [1.29, 1.82) is 0 Å². The molecule has 0 aliphatic heterocycles. The van der Waals surface area contributed by atoms with E-state index in [2.05, 4.69) is 4.98 Å². The first-order chi connectivity index (χ1) is 11.4. The van der Waals surface area contributed by atoms with Gasteiger partial charge in [0.15, 0.2) is 0 Å². The van der Waals surface area contributed by atoms with Gasteiger partial charge in [0, 0.05) is 27.1 Å². The molecule has 4 nitrogen and oxygen atoms in total. The molecule has 1 N–H and O–H groups in total. The number of halogens is 1. The number of aryl methyl sites for hydroxylation is 2. The van der Waals surface area contributed by atoms with Crippen molar-refractivity contribution >= 4 is 23.4 Å². The molecule has 0 saturated heterocycles. The second kappa shape index (κ2) is 6.71. The third-order valence-corrected chi connectivity index (χ3v) is 5.19. The number of rotatable bonds is 3. The van der Waals surface area contributed by atoms with Gasteiger partial charge in [-0.05, 0) is 61.4 Å². The van der Waals surface area contributed by atoms with Crippen LogP contribution < -0.4 is 11.2 Å². The van der Waals surface area contributed by atoms with Gasteiger partial charge in [0.2, 0.25) is 0 Å². The van der Waals surface area contributed by atoms with Crippen molar-refractivity contribution in [2.75, 3.05) is 0 Å². The molecule has 0 atom stereocenters. The topological polar surface area (TPSA) is 54.9 Å². The normalized spacial score (nSPS) is 10.8. The molecule has 24 heavy (non-hydrogen) atoms. The fraction of sp³-hybridized carbons (Fsp3) is 0.111. The van der Waals surface area contributed by atoms with E-state index in [-0.39, 0.29) is 0 Å². The maximum atomic E-state index is 12.0. The quantitative estimate of drug-likeness (QED) is 0.771. The molecule has 1 aromatic heterocycles. The third-order valence-electron chi connectivity index (χ3n) is 3.58. The fourth-order valence-electron chi connectivity index (χ4n) is 2.47. The van der Waals surface area contributed by atoms with Crippen LogP contribution in [0.3, 0.4) is 0 Å². The van der Waals surface area contributed by atoms with Crippen LogP contribution in [0.15, 0.2) is 68.0 Å². The Morgan fingerprint density at radius 2 is 1.62 bits per heavy atom. The summed E-state index contributed by atoms with van der Waals surface area (Å²) in [6.07, 6.45) is 1.49. The number of nitrogens with one attached hydrogen (secondary N) is 1. The zero-order valence-electron chi connectivity index (χ0n) is 13.2. The maximum Gasteiger partial charge on any atom is 0.332 e. The summed E-state index contributed by atoms with van der Waals surface area (Å²) in [7, 11) is 0. The Morgan fingerprint density at radius 3 is 2.21 bits per heavy atom. The van der Waals surface area contributed by atoms with Crippen LogP contribution in [0.2, 0.25) is 5.02 Å². The Morgan fingerprint density at radius 1 is 1.00 bits per heavy atom. The molecule has 0 amide bonds. The van der Waals surface area contributed by atoms with Crippen LogP contribution >= 0.6 is 23.4 Å². The maximum absolute atomic E-state index is 12.0. The second-order valence-electron chi connectivity index (χ2n) is 5.44. The molecular formula is C18H15ClN2O2S. The summed E-state index contributed by atoms with van der Waals surface area (Å²) in [6, 6.07) is 12.9. The number of aromatic nitrogens is 2. The summed E-state index contributed by atoms with van der Waals surface area (Å²) in [5, 5.41) is 0.709. The van der Waals surface area contributed by atoms with E-state index in [1.54, 1.807) is 11.8 Å². The van der Waals surface area contributed by atoms with Crippen molar-refractivity contribution in [3.63, 3.8) is 0 Å². The highest BCUT2D eigenvalue weighted by atomic mass is 35.5. The summed E-state index contributed by atoms with van der Waals surface area (Å²) in [5.41, 5.74) is 2.00. The highest BCUT2D eigenvalue weighted by Gasteiger charge is 2.09. The molecule has 0 saturated carbocycles. The number of nitrogens with zero attached hydrogens (tertiary/aromatic N) is 1. The summed E-state index contributed by atoms with van der Waals surface area (Å²) in [6.45, 7) is 4.01. The Hall–Kier alpha value is -2.24. The highest BCUT2D eigenvalue weighted by molar-refractivity contribution is 7.99. The Labute approximate surface area is 148 Å². The Kier molecular flexibility index (Phi) is 4.64. The van der Waals surface area contributed by atoms with Gasteiger partial charge in [-0.15, -0.1) is 0 Å². The van der Waals surface area contributed by atoms with E-state index in [1.807, 2.05) is 50.2 Å². The lowest BCUT2D eigenvalue weighted by atomic mass is 10.1. The molecule has 0 radical (unpaired) electrons. The van der Waals surface area contributed by atoms with E-state index in [0.717, 1.165) is 26.6 Å². The van der Waals surface area contributed by atoms with Crippen molar-refractivity contribution in [2.24, 2.45) is 0 Å². The highest BCUT2D eigenvalue weighted by Crippen LogP contribution is 2.34. The van der Waals surface area contributed by atoms with E-state index in [9.17, 15) is 9.59 Å². The van der Waals surface area contributed by atoms with E-state index >= 15 is 0 Å². The van der Waals surface area contributed by atoms with Gasteiger partial charge >= 0.3 is 5.69 Å². The third kappa shape index (κ3) is 3.47. The lowest BCUT2D eigenvalue weighted by molar-refractivity contribution is 0.891. The van der Waals surface area contributed by atoms with Crippen molar-refractivity contribution < 1.29 is 0 Å². The van der Waals surface area contributed by atoms with Crippen LogP contribution in [0.5, 0.6) is 0 Å². The zero-order valence-corrected chi connectivity index (χ0v) is 14.7. The first kappa shape index (κ1) is 16.6. The van der Waals surface area contributed by atoms with E-state index in [0.29, 0.717) is 5.02 Å². The minimum Gasteiger partial charge on any atom is -0.274 e. The second-order valence-corrected chi connectivity index (χ2v) is 6.97. The molecule has 0 bridgehead atoms. The van der Waals surface area contributed by atoms with Crippen LogP contribution in [0.1, 0.15) is 11.1 Å². The minimum absolute atomic E-state index is 0.403. The molecule has 1 heterocycles. The number of aromatic amines is 1. The fourth-order valence-corrected chi connectivity index (χ4v) is 3.54. The van der Waals surface area contributed by atoms with Crippen LogP contribution in [-0.4, -0.2) is 9.55 Å². The SMILES string of the molecule is Cc1cc(-n2ccc(=O)[nH]c2=O)cc(C)c1Sc1ccc(Cl)cc1. The van der Waals surface area contributed by atoms with Gasteiger partial charge in [-0.2, -0.15) is 0 Å². The molecule has 0 fully saturated rings. The molecule has 6 heteroatoms. The number of hydrogen-bond acceptors (Lipinski definition) is 3. The lowest BCUT2D eigenvalue weighted by Crippen LogP contribution is -2.27. The number of hydrogen-bond donors (Lipinski definition) is 1. The van der Waals surface area contributed by atoms with Gasteiger partial charge in [-0.3, -0.25) is 14.3 Å². The molecule has 0 aliphatic rings. The lowest BCUT2D eigenvalue weighted by Gasteiger charge is -2.13. The molecule has 3 aromatic rings. The average molecular weight is 359 g/mol. The van der Waals surface area contributed by atoms with Gasteiger partial charge in [0.1, 0.15) is 0 Å². The molecule has 0 spiro atoms. The summed E-state index contributed by atoms with van der Waals surface area (Å²) in [5.74, 6) is 0. The first-order valence-electron chi connectivity index (χ1n) is 7.31. The van der Waals surface area contributed by atoms with Crippen molar-refractivity contribution in [1.82, 2.24) is 9.55 Å². The number of benzene rings is 2. The molecule has 2 aromatic carbocycles. The minimum atomic E-state index is -0.445. The standard InChI is InChI=1S/C18H15ClN2O2S/c1-11-9-14(21-8-7-16(22)20-18(21)23)10-12(2)17(11)24-15-5-3-13(19)4-6-15/h3-10H,1-2H3,(H,20,22,23). The van der Waals surface area contributed by atoms with Crippen LogP contribution in [0, 0.1) is 13.8 Å². The average Bonchev–Trinajstić information content (AvgIpc) is 2.52. The van der Waals surface area contributed by atoms with Crippen LogP contribution in [-0.2, 0) is 0 Å². The molecule has 122 valence electrons. The van der Waals surface area contributed by atoms with Crippen molar-refractivity contribution in [3.8, 4) is 5.69 Å². The molecule has 0 aliphatic carbocycles. The van der Waals surface area contributed by atoms with E-state index in [4.69, 9.17) is 11.6 Å². The zero-order chi connectivity index (χ0) is 17.3. The smallest absolute Gasteiger partial charge is 0.274 e. The van der Waals surface area contributed by atoms with Crippen molar-refractivity contribution in [2.45, 2.75) is 23.6 Å². The number of H-pyrrole nitrogens is 1. The Bertz CT molecular complexity index is 984. The molecule has 3 rings (SSSR count). The van der Waals surface area contributed by atoms with E-state index < -0.39 is 11.2 Å². The van der Waals surface area contributed by atoms with Gasteiger partial charge in [-0.1, -0.05) is 23.4 Å².